The molecule has 0 heterocycles. The molecule has 5 aromatic carbocycles. The number of hydrogen-bond acceptors (Lipinski definition) is 7. The fourth-order valence-electron chi connectivity index (χ4n) is 4.01. The highest BCUT2D eigenvalue weighted by Gasteiger charge is 2.13. The lowest BCUT2D eigenvalue weighted by atomic mass is 9.87. The maximum atomic E-state index is 5.94. The molecule has 236 valence electrons. The van der Waals surface area contributed by atoms with Crippen molar-refractivity contribution in [3.05, 3.63) is 120 Å². The van der Waals surface area contributed by atoms with Crippen LogP contribution >= 0.6 is 12.6 Å². The second kappa shape index (κ2) is 15.9. The summed E-state index contributed by atoms with van der Waals surface area (Å²) in [6, 6.07) is 35.2. The predicted molar refractivity (Wildman–Crippen MR) is 195 cm³/mol. The van der Waals surface area contributed by atoms with Crippen molar-refractivity contribution in [3.8, 4) is 34.1 Å². The van der Waals surface area contributed by atoms with Crippen LogP contribution in [-0.4, -0.2) is 6.04 Å². The van der Waals surface area contributed by atoms with Crippen LogP contribution < -0.4 is 32.4 Å². The molecule has 0 atom stereocenters. The lowest BCUT2D eigenvalue weighted by Crippen LogP contribution is -2.10. The molecule has 0 saturated carbocycles. The number of rotatable bonds is 5. The standard InChI is InChI=1S/C22H23NO2.C13H14N2S.C3H9N/c1-22(2,3)16-7-11-18(12-8-16)24-20-5-4-6-21(15-20)25-19-13-9-17(23)10-14-19;1-8-6-9(2-4-11(8)14)10-3-5-12(15)13(16)7-10;1-3(2)4/h4-15H,23H2,1-3H3;2-7,16H,14-15H2,1H3;3H,4H2,1-2H3. The fourth-order valence-corrected chi connectivity index (χ4v) is 4.22. The first kappa shape index (κ1) is 34.9. The number of anilines is 3. The zero-order chi connectivity index (χ0) is 33.1. The summed E-state index contributed by atoms with van der Waals surface area (Å²) in [4.78, 5) is 0.798. The Morgan fingerprint density at radius 1 is 0.600 bits per heavy atom. The van der Waals surface area contributed by atoms with Gasteiger partial charge in [0.05, 0.1) is 0 Å². The van der Waals surface area contributed by atoms with Crippen LogP contribution in [-0.2, 0) is 5.41 Å². The molecule has 5 aromatic rings. The van der Waals surface area contributed by atoms with Gasteiger partial charge in [-0.15, -0.1) is 12.6 Å². The predicted octanol–water partition coefficient (Wildman–Crippen LogP) is 9.62. The number of thiol groups is 1. The van der Waals surface area contributed by atoms with E-state index in [0.29, 0.717) is 23.2 Å². The molecule has 45 heavy (non-hydrogen) atoms. The molecule has 0 spiro atoms. The first-order valence-electron chi connectivity index (χ1n) is 14.8. The lowest BCUT2D eigenvalue weighted by Gasteiger charge is -2.19. The average molecular weight is 623 g/mol. The van der Waals surface area contributed by atoms with E-state index in [0.717, 1.165) is 44.5 Å². The van der Waals surface area contributed by atoms with E-state index in [1.54, 1.807) is 0 Å². The highest BCUT2D eigenvalue weighted by molar-refractivity contribution is 7.80. The van der Waals surface area contributed by atoms with Gasteiger partial charge in [0.15, 0.2) is 0 Å². The van der Waals surface area contributed by atoms with Gasteiger partial charge < -0.3 is 32.4 Å². The van der Waals surface area contributed by atoms with E-state index < -0.39 is 0 Å². The number of aryl methyl sites for hydroxylation is 1. The third kappa shape index (κ3) is 11.4. The lowest BCUT2D eigenvalue weighted by molar-refractivity contribution is 0.460. The highest BCUT2D eigenvalue weighted by Crippen LogP contribution is 2.31. The minimum atomic E-state index is 0.130. The van der Waals surface area contributed by atoms with Crippen molar-refractivity contribution in [2.75, 3.05) is 17.2 Å². The summed E-state index contributed by atoms with van der Waals surface area (Å²) in [5.41, 5.74) is 29.2. The summed E-state index contributed by atoms with van der Waals surface area (Å²) in [6.07, 6.45) is 0. The van der Waals surface area contributed by atoms with Crippen LogP contribution in [0.5, 0.6) is 23.0 Å². The Hall–Kier alpha value is -4.59. The van der Waals surface area contributed by atoms with Gasteiger partial charge in [0, 0.05) is 28.0 Å². The van der Waals surface area contributed by atoms with E-state index in [1.165, 1.54) is 5.56 Å². The van der Waals surface area contributed by atoms with Crippen LogP contribution in [0.15, 0.2) is 114 Å². The van der Waals surface area contributed by atoms with E-state index in [2.05, 4.69) is 51.6 Å². The second-order valence-electron chi connectivity index (χ2n) is 12.1. The Labute approximate surface area is 273 Å². The van der Waals surface area contributed by atoms with Gasteiger partial charge in [0.1, 0.15) is 23.0 Å². The van der Waals surface area contributed by atoms with Gasteiger partial charge in [-0.2, -0.15) is 0 Å². The van der Waals surface area contributed by atoms with Crippen LogP contribution in [0, 0.1) is 6.92 Å². The van der Waals surface area contributed by atoms with Crippen LogP contribution in [0.25, 0.3) is 11.1 Å². The average Bonchev–Trinajstić information content (AvgIpc) is 2.97. The molecule has 0 aliphatic carbocycles. The summed E-state index contributed by atoms with van der Waals surface area (Å²) >= 11 is 4.31. The molecule has 0 radical (unpaired) electrons. The number of hydrogen-bond donors (Lipinski definition) is 5. The van der Waals surface area contributed by atoms with Crippen molar-refractivity contribution >= 4 is 29.7 Å². The summed E-state index contributed by atoms with van der Waals surface area (Å²) in [7, 11) is 0. The monoisotopic (exact) mass is 622 g/mol. The fraction of sp³-hybridized carbons (Fsp3) is 0.211. The van der Waals surface area contributed by atoms with E-state index in [9.17, 15) is 0 Å². The van der Waals surface area contributed by atoms with Crippen molar-refractivity contribution < 1.29 is 9.47 Å². The Morgan fingerprint density at radius 2 is 1.07 bits per heavy atom. The minimum absolute atomic E-state index is 0.130. The first-order chi connectivity index (χ1) is 21.2. The van der Waals surface area contributed by atoms with Crippen molar-refractivity contribution in [2.24, 2.45) is 5.73 Å². The normalized spacial score (nSPS) is 10.7. The molecule has 6 nitrogen and oxygen atoms in total. The van der Waals surface area contributed by atoms with Gasteiger partial charge in [0.2, 0.25) is 0 Å². The Bertz CT molecular complexity index is 1610. The molecule has 0 aliphatic rings. The van der Waals surface area contributed by atoms with Crippen LogP contribution in [0.1, 0.15) is 45.7 Å². The summed E-state index contributed by atoms with van der Waals surface area (Å²) in [5.74, 6) is 2.99. The van der Waals surface area contributed by atoms with Gasteiger partial charge in [-0.3, -0.25) is 0 Å². The molecule has 0 unspecified atom stereocenters. The van der Waals surface area contributed by atoms with Gasteiger partial charge >= 0.3 is 0 Å². The molecule has 0 saturated heterocycles. The van der Waals surface area contributed by atoms with Gasteiger partial charge in [-0.05, 0) is 113 Å². The molecule has 0 aromatic heterocycles. The van der Waals surface area contributed by atoms with E-state index >= 15 is 0 Å². The SMILES string of the molecule is CC(C)(C)c1ccc(Oc2cccc(Oc3ccc(N)cc3)c2)cc1.CC(C)N.Cc1cc(-c2ccc(N)c(S)c2)ccc1N. The summed E-state index contributed by atoms with van der Waals surface area (Å²) in [5, 5.41) is 0. The third-order valence-electron chi connectivity index (χ3n) is 6.51. The van der Waals surface area contributed by atoms with E-state index in [1.807, 2.05) is 112 Å². The summed E-state index contributed by atoms with van der Waals surface area (Å²) < 4.78 is 11.8. The quantitative estimate of drug-likeness (QED) is 0.0982. The zero-order valence-corrected chi connectivity index (χ0v) is 27.9. The Kier molecular flexibility index (Phi) is 12.4. The number of benzene rings is 5. The zero-order valence-electron chi connectivity index (χ0n) is 27.0. The molecule has 0 aliphatic heterocycles. The van der Waals surface area contributed by atoms with Gasteiger partial charge in [-0.1, -0.05) is 65.0 Å². The number of nitrogens with two attached hydrogens (primary N) is 4. The van der Waals surface area contributed by atoms with Crippen molar-refractivity contribution in [2.45, 2.75) is 57.9 Å². The largest absolute Gasteiger partial charge is 0.457 e. The van der Waals surface area contributed by atoms with Crippen LogP contribution in [0.4, 0.5) is 17.1 Å². The number of nitrogen functional groups attached to an aromatic ring is 3. The molecule has 0 bridgehead atoms. The third-order valence-corrected chi connectivity index (χ3v) is 6.90. The molecule has 8 N–H and O–H groups in total. The Balaban J connectivity index is 0.000000236. The molecule has 0 fully saturated rings. The first-order valence-corrected chi connectivity index (χ1v) is 15.3. The second-order valence-corrected chi connectivity index (χ2v) is 12.6. The van der Waals surface area contributed by atoms with E-state index in [-0.39, 0.29) is 5.41 Å². The maximum Gasteiger partial charge on any atom is 0.131 e. The van der Waals surface area contributed by atoms with Crippen molar-refractivity contribution in [3.63, 3.8) is 0 Å². The molecular weight excluding hydrogens is 577 g/mol. The van der Waals surface area contributed by atoms with E-state index in [4.69, 9.17) is 32.4 Å². The van der Waals surface area contributed by atoms with Crippen molar-refractivity contribution in [1.82, 2.24) is 0 Å². The maximum absolute atomic E-state index is 5.94. The molecule has 7 heteroatoms. The number of ether oxygens (including phenoxy) is 2. The minimum Gasteiger partial charge on any atom is -0.457 e. The van der Waals surface area contributed by atoms with Gasteiger partial charge in [0.25, 0.3) is 0 Å². The topological polar surface area (TPSA) is 123 Å². The molecular formula is C38H46N4O2S. The molecule has 5 rings (SSSR count). The smallest absolute Gasteiger partial charge is 0.131 e. The summed E-state index contributed by atoms with van der Waals surface area (Å²) in [6.45, 7) is 12.5. The van der Waals surface area contributed by atoms with Crippen molar-refractivity contribution in [1.29, 1.82) is 0 Å². The molecule has 0 amide bonds. The van der Waals surface area contributed by atoms with Gasteiger partial charge in [-0.25, -0.2) is 0 Å². The van der Waals surface area contributed by atoms with Crippen LogP contribution in [0.2, 0.25) is 0 Å². The highest BCUT2D eigenvalue weighted by atomic mass is 32.1. The Morgan fingerprint density at radius 3 is 1.53 bits per heavy atom. The van der Waals surface area contributed by atoms with Crippen LogP contribution in [0.3, 0.4) is 0 Å².